The highest BCUT2D eigenvalue weighted by Crippen LogP contribution is 2.22. The summed E-state index contributed by atoms with van der Waals surface area (Å²) in [5, 5.41) is 10.2. The lowest BCUT2D eigenvalue weighted by Gasteiger charge is -2.26. The quantitative estimate of drug-likeness (QED) is 0.549. The molecule has 1 rings (SSSR count). The molecule has 0 aromatic heterocycles. The maximum Gasteiger partial charge on any atom is 0.226 e. The molecule has 0 unspecified atom stereocenters. The van der Waals surface area contributed by atoms with Crippen molar-refractivity contribution in [1.29, 1.82) is 0 Å². The minimum atomic E-state index is 0.00283. The normalized spacial score (nSPS) is 16.1. The Labute approximate surface area is 133 Å². The van der Waals surface area contributed by atoms with Crippen LogP contribution in [0.5, 0.6) is 0 Å². The summed E-state index contributed by atoms with van der Waals surface area (Å²) in [6.45, 7) is 13.6. The van der Waals surface area contributed by atoms with Gasteiger partial charge in [0.25, 0.3) is 0 Å². The Bertz CT molecular complexity index is 367. The van der Waals surface area contributed by atoms with Crippen LogP contribution in [0.4, 0.5) is 0 Å². The van der Waals surface area contributed by atoms with Gasteiger partial charge in [-0.2, -0.15) is 0 Å². The van der Waals surface area contributed by atoms with Crippen molar-refractivity contribution >= 4 is 17.7 Å². The fraction of sp³-hybridized carbons (Fsp3) is 0.688. The number of carbonyl (C=O) groups excluding carboxylic acids is 1. The highest BCUT2D eigenvalue weighted by Gasteiger charge is 2.16. The molecule has 0 saturated heterocycles. The van der Waals surface area contributed by atoms with Crippen LogP contribution < -0.4 is 16.0 Å². The van der Waals surface area contributed by atoms with Gasteiger partial charge < -0.3 is 16.0 Å². The minimum absolute atomic E-state index is 0.00283. The van der Waals surface area contributed by atoms with Crippen LogP contribution in [0.2, 0.25) is 0 Å². The zero-order valence-electron chi connectivity index (χ0n) is 13.3. The molecule has 4 nitrogen and oxygen atoms in total. The molecule has 5 heteroatoms. The standard InChI is InChI=1S/C16H29N3OS/c1-5-12(2)17-10-9-16(20)19-14(4)21-13(3)11-18-15-7-6-8-15/h12,15,17-18H,3-11H2,1-2H3,(H,19,20)/t12-/m0/s1. The first-order chi connectivity index (χ1) is 10.0. The van der Waals surface area contributed by atoms with Crippen LogP contribution in [-0.2, 0) is 4.79 Å². The van der Waals surface area contributed by atoms with E-state index in [1.807, 2.05) is 0 Å². The molecule has 1 saturated carbocycles. The van der Waals surface area contributed by atoms with Crippen LogP contribution in [0, 0.1) is 0 Å². The molecule has 0 aromatic rings. The van der Waals surface area contributed by atoms with E-state index < -0.39 is 0 Å². The molecule has 1 atom stereocenters. The van der Waals surface area contributed by atoms with Gasteiger partial charge in [-0.3, -0.25) is 4.79 Å². The molecule has 21 heavy (non-hydrogen) atoms. The third-order valence-corrected chi connectivity index (χ3v) is 4.48. The van der Waals surface area contributed by atoms with E-state index in [0.29, 0.717) is 30.1 Å². The van der Waals surface area contributed by atoms with Crippen molar-refractivity contribution in [3.63, 3.8) is 0 Å². The molecule has 120 valence electrons. The van der Waals surface area contributed by atoms with E-state index in [9.17, 15) is 4.79 Å². The largest absolute Gasteiger partial charge is 0.321 e. The molecule has 1 fully saturated rings. The van der Waals surface area contributed by atoms with Crippen LogP contribution in [0.3, 0.4) is 0 Å². The summed E-state index contributed by atoms with van der Waals surface area (Å²) in [6.07, 6.45) is 5.39. The Morgan fingerprint density at radius 1 is 1.38 bits per heavy atom. The Balaban J connectivity index is 2.07. The van der Waals surface area contributed by atoms with E-state index in [2.05, 4.69) is 43.0 Å². The summed E-state index contributed by atoms with van der Waals surface area (Å²) in [7, 11) is 0. The lowest BCUT2D eigenvalue weighted by Crippen LogP contribution is -2.36. The molecular formula is C16H29N3OS. The Morgan fingerprint density at radius 2 is 2.10 bits per heavy atom. The number of hydrogen-bond donors (Lipinski definition) is 3. The molecule has 0 aromatic carbocycles. The Morgan fingerprint density at radius 3 is 2.67 bits per heavy atom. The second-order valence-electron chi connectivity index (χ2n) is 5.63. The molecule has 1 aliphatic carbocycles. The summed E-state index contributed by atoms with van der Waals surface area (Å²) in [5.74, 6) is 0.00283. The van der Waals surface area contributed by atoms with E-state index >= 15 is 0 Å². The summed E-state index contributed by atoms with van der Waals surface area (Å²) >= 11 is 1.44. The predicted molar refractivity (Wildman–Crippen MR) is 92.0 cm³/mol. The summed E-state index contributed by atoms with van der Waals surface area (Å²) in [4.78, 5) is 12.7. The third kappa shape index (κ3) is 8.29. The van der Waals surface area contributed by atoms with E-state index in [4.69, 9.17) is 0 Å². The Hall–Kier alpha value is -0.780. The van der Waals surface area contributed by atoms with Crippen molar-refractivity contribution < 1.29 is 4.79 Å². The molecule has 1 amide bonds. The van der Waals surface area contributed by atoms with Crippen molar-refractivity contribution in [3.8, 4) is 0 Å². The van der Waals surface area contributed by atoms with Crippen LogP contribution in [-0.4, -0.2) is 31.1 Å². The SMILES string of the molecule is C=C(CNC1CCC1)SC(=C)NC(=O)CCN[C@@H](C)CC. The molecule has 0 spiro atoms. The maximum atomic E-state index is 11.8. The number of carbonyl (C=O) groups is 1. The molecule has 0 radical (unpaired) electrons. The number of amides is 1. The first-order valence-corrected chi connectivity index (χ1v) is 8.64. The van der Waals surface area contributed by atoms with Gasteiger partial charge in [0.2, 0.25) is 5.91 Å². The number of nitrogens with one attached hydrogen (secondary N) is 3. The average Bonchev–Trinajstić information content (AvgIpc) is 2.36. The zero-order valence-corrected chi connectivity index (χ0v) is 14.2. The summed E-state index contributed by atoms with van der Waals surface area (Å²) in [6, 6.07) is 1.10. The lowest BCUT2D eigenvalue weighted by atomic mass is 9.93. The van der Waals surface area contributed by atoms with Gasteiger partial charge in [0, 0.05) is 31.6 Å². The van der Waals surface area contributed by atoms with Crippen molar-refractivity contribution in [2.75, 3.05) is 13.1 Å². The fourth-order valence-electron chi connectivity index (χ4n) is 1.90. The number of thioether (sulfide) groups is 1. The molecule has 1 aliphatic rings. The van der Waals surface area contributed by atoms with E-state index in [1.54, 1.807) is 0 Å². The van der Waals surface area contributed by atoms with Crippen LogP contribution in [0.1, 0.15) is 46.0 Å². The van der Waals surface area contributed by atoms with Crippen LogP contribution in [0.15, 0.2) is 23.1 Å². The third-order valence-electron chi connectivity index (χ3n) is 3.70. The highest BCUT2D eigenvalue weighted by atomic mass is 32.2. The second kappa shape index (κ2) is 10.0. The Kier molecular flexibility index (Phi) is 8.73. The monoisotopic (exact) mass is 311 g/mol. The van der Waals surface area contributed by atoms with Crippen molar-refractivity contribution in [2.24, 2.45) is 0 Å². The van der Waals surface area contributed by atoms with Crippen molar-refractivity contribution in [3.05, 3.63) is 23.1 Å². The molecule has 0 heterocycles. The lowest BCUT2D eigenvalue weighted by molar-refractivity contribution is -0.120. The number of rotatable bonds is 11. The van der Waals surface area contributed by atoms with Gasteiger partial charge >= 0.3 is 0 Å². The topological polar surface area (TPSA) is 53.2 Å². The van der Waals surface area contributed by atoms with E-state index in [0.717, 1.165) is 17.9 Å². The van der Waals surface area contributed by atoms with Gasteiger partial charge in [0.05, 0.1) is 5.03 Å². The first kappa shape index (κ1) is 18.3. The van der Waals surface area contributed by atoms with E-state index in [-0.39, 0.29) is 5.91 Å². The average molecular weight is 311 g/mol. The smallest absolute Gasteiger partial charge is 0.226 e. The molecule has 0 aliphatic heterocycles. The van der Waals surface area contributed by atoms with Gasteiger partial charge in [0.1, 0.15) is 0 Å². The van der Waals surface area contributed by atoms with Crippen LogP contribution in [0.25, 0.3) is 0 Å². The summed E-state index contributed by atoms with van der Waals surface area (Å²) in [5.41, 5.74) is 0. The summed E-state index contributed by atoms with van der Waals surface area (Å²) < 4.78 is 0. The first-order valence-electron chi connectivity index (χ1n) is 7.82. The minimum Gasteiger partial charge on any atom is -0.321 e. The van der Waals surface area contributed by atoms with Gasteiger partial charge in [-0.25, -0.2) is 0 Å². The van der Waals surface area contributed by atoms with Gasteiger partial charge in [-0.05, 0) is 31.1 Å². The second-order valence-corrected chi connectivity index (χ2v) is 6.91. The van der Waals surface area contributed by atoms with E-state index in [1.165, 1.54) is 31.0 Å². The van der Waals surface area contributed by atoms with Gasteiger partial charge in [0.15, 0.2) is 0 Å². The maximum absolute atomic E-state index is 11.8. The van der Waals surface area contributed by atoms with Crippen molar-refractivity contribution in [2.45, 2.75) is 58.0 Å². The van der Waals surface area contributed by atoms with Gasteiger partial charge in [-0.15, -0.1) is 0 Å². The highest BCUT2D eigenvalue weighted by molar-refractivity contribution is 8.06. The molecule has 0 bridgehead atoms. The molecular weight excluding hydrogens is 282 g/mol. The fourth-order valence-corrected chi connectivity index (χ4v) is 2.57. The predicted octanol–water partition coefficient (Wildman–Crippen LogP) is 2.74. The molecule has 3 N–H and O–H groups in total. The zero-order chi connectivity index (χ0) is 15.7. The van der Waals surface area contributed by atoms with Crippen LogP contribution >= 0.6 is 11.8 Å². The van der Waals surface area contributed by atoms with Crippen molar-refractivity contribution in [1.82, 2.24) is 16.0 Å². The number of hydrogen-bond acceptors (Lipinski definition) is 4. The van der Waals surface area contributed by atoms with Gasteiger partial charge in [-0.1, -0.05) is 38.3 Å².